The van der Waals surface area contributed by atoms with Gasteiger partial charge in [-0.15, -0.1) is 0 Å². The zero-order valence-electron chi connectivity index (χ0n) is 20.3. The monoisotopic (exact) mass is 498 g/mol. The average Bonchev–Trinajstić information content (AvgIpc) is 3.13. The predicted molar refractivity (Wildman–Crippen MR) is 136 cm³/mol. The maximum atomic E-state index is 12.9. The molecule has 1 saturated carbocycles. The van der Waals surface area contributed by atoms with E-state index < -0.39 is 16.1 Å². The van der Waals surface area contributed by atoms with E-state index in [4.69, 9.17) is 9.29 Å². The third kappa shape index (κ3) is 10.4. The molecule has 7 heteroatoms. The van der Waals surface area contributed by atoms with Gasteiger partial charge in [0.15, 0.2) is 0 Å². The highest BCUT2D eigenvalue weighted by Gasteiger charge is 2.39. The Hall–Kier alpha value is -1.05. The zero-order chi connectivity index (χ0) is 24.1. The van der Waals surface area contributed by atoms with Crippen LogP contribution < -0.4 is 0 Å². The molecule has 2 unspecified atom stereocenters. The van der Waals surface area contributed by atoms with E-state index >= 15 is 0 Å². The van der Waals surface area contributed by atoms with Crippen LogP contribution in [0.25, 0.3) is 0 Å². The molecule has 188 valence electrons. The summed E-state index contributed by atoms with van der Waals surface area (Å²) in [6.07, 6.45) is 12.6. The molecule has 0 radical (unpaired) electrons. The van der Waals surface area contributed by atoms with Gasteiger partial charge >= 0.3 is 5.97 Å². The van der Waals surface area contributed by atoms with Crippen LogP contribution in [0.3, 0.4) is 0 Å². The predicted octanol–water partition coefficient (Wildman–Crippen LogP) is 6.98. The molecule has 0 aromatic heterocycles. The summed E-state index contributed by atoms with van der Waals surface area (Å²) in [7, 11) is -3.78. The Balaban J connectivity index is 1.92. The number of unbranched alkanes of at least 4 members (excludes halogenated alkanes) is 7. The standard InChI is InChI=1S/C26H42O5S2/c1-3-4-5-8-11-20-32-25-19-18-24(23(25)12-9-6-7-10-13-26(27)28)31-33(29,30)22-16-14-21(2)15-17-22/h14-17,23-25H,3-13,18-20H2,1-2H3,(H,27,28)/t23?,24-,25?/m0/s1. The highest BCUT2D eigenvalue weighted by molar-refractivity contribution is 7.99. The van der Waals surface area contributed by atoms with Gasteiger partial charge in [-0.3, -0.25) is 8.98 Å². The summed E-state index contributed by atoms with van der Waals surface area (Å²) in [5.74, 6) is 0.613. The number of carboxylic acids is 1. The van der Waals surface area contributed by atoms with Crippen molar-refractivity contribution in [3.8, 4) is 0 Å². The molecule has 0 bridgehead atoms. The van der Waals surface area contributed by atoms with Gasteiger partial charge in [-0.25, -0.2) is 0 Å². The van der Waals surface area contributed by atoms with Gasteiger partial charge in [-0.2, -0.15) is 20.2 Å². The quantitative estimate of drug-likeness (QED) is 0.184. The van der Waals surface area contributed by atoms with Gasteiger partial charge in [0.1, 0.15) is 0 Å². The van der Waals surface area contributed by atoms with Crippen LogP contribution in [0.4, 0.5) is 0 Å². The second-order valence-electron chi connectivity index (χ2n) is 9.31. The molecule has 0 saturated heterocycles. The Morgan fingerprint density at radius 3 is 2.36 bits per heavy atom. The summed E-state index contributed by atoms with van der Waals surface area (Å²) >= 11 is 2.00. The molecule has 1 aromatic rings. The molecule has 1 aliphatic rings. The summed E-state index contributed by atoms with van der Waals surface area (Å²) < 4.78 is 31.6. The molecular formula is C26H42O5S2. The van der Waals surface area contributed by atoms with Crippen molar-refractivity contribution in [3.05, 3.63) is 29.8 Å². The lowest BCUT2D eigenvalue weighted by Crippen LogP contribution is -2.27. The van der Waals surface area contributed by atoms with Gasteiger partial charge < -0.3 is 5.11 Å². The highest BCUT2D eigenvalue weighted by Crippen LogP contribution is 2.41. The van der Waals surface area contributed by atoms with Crippen molar-refractivity contribution in [1.82, 2.24) is 0 Å². The third-order valence-electron chi connectivity index (χ3n) is 6.51. The van der Waals surface area contributed by atoms with Crippen LogP contribution >= 0.6 is 11.8 Å². The minimum absolute atomic E-state index is 0.223. The summed E-state index contributed by atoms with van der Waals surface area (Å²) in [4.78, 5) is 10.9. The lowest BCUT2D eigenvalue weighted by Gasteiger charge is -2.25. The first-order valence-corrected chi connectivity index (χ1v) is 15.1. The SMILES string of the molecule is CCCCCCCSC1CC[C@H](OS(=O)(=O)c2ccc(C)cc2)C1CCCCCCC(=O)O. The number of aryl methyl sites for hydroxylation is 1. The second-order valence-corrected chi connectivity index (χ2v) is 12.2. The van der Waals surface area contributed by atoms with E-state index in [-0.39, 0.29) is 23.3 Å². The smallest absolute Gasteiger partial charge is 0.303 e. The number of rotatable bonds is 17. The molecule has 0 aliphatic heterocycles. The topological polar surface area (TPSA) is 80.7 Å². The lowest BCUT2D eigenvalue weighted by molar-refractivity contribution is -0.137. The van der Waals surface area contributed by atoms with Crippen molar-refractivity contribution in [1.29, 1.82) is 0 Å². The largest absolute Gasteiger partial charge is 0.481 e. The number of hydrogen-bond acceptors (Lipinski definition) is 5. The van der Waals surface area contributed by atoms with E-state index in [0.717, 1.165) is 49.8 Å². The normalized spacial score (nSPS) is 20.8. The van der Waals surface area contributed by atoms with Gasteiger partial charge in [0.2, 0.25) is 0 Å². The molecular weight excluding hydrogens is 456 g/mol. The molecule has 1 N–H and O–H groups in total. The van der Waals surface area contributed by atoms with Crippen LogP contribution in [0.5, 0.6) is 0 Å². The fourth-order valence-corrected chi connectivity index (χ4v) is 7.25. The Morgan fingerprint density at radius 2 is 1.67 bits per heavy atom. The van der Waals surface area contributed by atoms with Crippen LogP contribution in [-0.4, -0.2) is 36.6 Å². The number of carbonyl (C=O) groups is 1. The summed E-state index contributed by atoms with van der Waals surface area (Å²) in [5, 5.41) is 9.24. The molecule has 0 spiro atoms. The maximum Gasteiger partial charge on any atom is 0.303 e. The van der Waals surface area contributed by atoms with Crippen molar-refractivity contribution in [3.63, 3.8) is 0 Å². The van der Waals surface area contributed by atoms with E-state index in [1.165, 1.54) is 32.1 Å². The minimum atomic E-state index is -3.78. The zero-order valence-corrected chi connectivity index (χ0v) is 22.0. The Kier molecular flexibility index (Phi) is 12.9. The van der Waals surface area contributed by atoms with Gasteiger partial charge in [0.25, 0.3) is 10.1 Å². The fourth-order valence-electron chi connectivity index (χ4n) is 4.57. The first-order chi connectivity index (χ1) is 15.8. The average molecular weight is 499 g/mol. The molecule has 5 nitrogen and oxygen atoms in total. The number of hydrogen-bond donors (Lipinski definition) is 1. The number of aliphatic carboxylic acids is 1. The summed E-state index contributed by atoms with van der Waals surface area (Å²) in [5.41, 5.74) is 1.02. The van der Waals surface area contributed by atoms with Crippen molar-refractivity contribution in [2.24, 2.45) is 5.92 Å². The van der Waals surface area contributed by atoms with Gasteiger partial charge in [-0.05, 0) is 62.8 Å². The van der Waals surface area contributed by atoms with Crippen LogP contribution in [-0.2, 0) is 19.1 Å². The first-order valence-electron chi connectivity index (χ1n) is 12.7. The van der Waals surface area contributed by atoms with Gasteiger partial charge in [0, 0.05) is 11.7 Å². The lowest BCUT2D eigenvalue weighted by atomic mass is 9.97. The summed E-state index contributed by atoms with van der Waals surface area (Å²) in [6, 6.07) is 6.85. The van der Waals surface area contributed by atoms with Gasteiger partial charge in [0.05, 0.1) is 11.0 Å². The van der Waals surface area contributed by atoms with Crippen LogP contribution in [0.15, 0.2) is 29.2 Å². The molecule has 2 rings (SSSR count). The first kappa shape index (κ1) is 28.2. The van der Waals surface area contributed by atoms with Crippen molar-refractivity contribution >= 4 is 27.8 Å². The summed E-state index contributed by atoms with van der Waals surface area (Å²) in [6.45, 7) is 4.16. The van der Waals surface area contributed by atoms with Crippen LogP contribution in [0.2, 0.25) is 0 Å². The molecule has 1 aliphatic carbocycles. The van der Waals surface area contributed by atoms with Crippen molar-refractivity contribution < 1.29 is 22.5 Å². The second kappa shape index (κ2) is 15.0. The Labute approximate surface area is 205 Å². The molecule has 1 aromatic carbocycles. The van der Waals surface area contributed by atoms with Crippen molar-refractivity contribution in [2.75, 3.05) is 5.75 Å². The van der Waals surface area contributed by atoms with Crippen LogP contribution in [0.1, 0.15) is 96.0 Å². The molecule has 0 amide bonds. The van der Waals surface area contributed by atoms with E-state index in [1.807, 2.05) is 18.7 Å². The van der Waals surface area contributed by atoms with Crippen LogP contribution in [0, 0.1) is 12.8 Å². The molecule has 1 fully saturated rings. The fraction of sp³-hybridized carbons (Fsp3) is 0.731. The maximum absolute atomic E-state index is 12.9. The number of carboxylic acid groups (broad SMARTS) is 1. The highest BCUT2D eigenvalue weighted by atomic mass is 32.2. The number of thioether (sulfide) groups is 1. The van der Waals surface area contributed by atoms with E-state index in [1.54, 1.807) is 24.3 Å². The van der Waals surface area contributed by atoms with Crippen molar-refractivity contribution in [2.45, 2.75) is 114 Å². The Morgan fingerprint density at radius 1 is 1.00 bits per heavy atom. The van der Waals surface area contributed by atoms with E-state index in [0.29, 0.717) is 11.7 Å². The minimum Gasteiger partial charge on any atom is -0.481 e. The van der Waals surface area contributed by atoms with E-state index in [9.17, 15) is 13.2 Å². The molecule has 3 atom stereocenters. The number of benzene rings is 1. The molecule has 0 heterocycles. The van der Waals surface area contributed by atoms with Gasteiger partial charge in [-0.1, -0.05) is 69.6 Å². The third-order valence-corrected chi connectivity index (χ3v) is 9.40. The molecule has 33 heavy (non-hydrogen) atoms. The Bertz CT molecular complexity index is 791. The van der Waals surface area contributed by atoms with E-state index in [2.05, 4.69) is 6.92 Å².